The van der Waals surface area contributed by atoms with E-state index in [2.05, 4.69) is 21.2 Å². The monoisotopic (exact) mass is 339 g/mol. The minimum atomic E-state index is -0.648. The fraction of sp³-hybridized carbons (Fsp3) is 0.308. The Hall–Kier alpha value is -1.94. The quantitative estimate of drug-likeness (QED) is 0.832. The maximum Gasteiger partial charge on any atom is 0.249 e. The predicted molar refractivity (Wildman–Crippen MR) is 73.4 cm³/mol. The highest BCUT2D eigenvalue weighted by atomic mass is 79.9. The number of piperazine rings is 1. The molecule has 1 N–H and O–H groups in total. The van der Waals surface area contributed by atoms with Crippen LogP contribution in [0.1, 0.15) is 18.9 Å². The summed E-state index contributed by atoms with van der Waals surface area (Å²) in [4.78, 5) is 24.7. The predicted octanol–water partition coefficient (Wildman–Crippen LogP) is 1.70. The average molecular weight is 340 g/mol. The van der Waals surface area contributed by atoms with Crippen LogP contribution in [0.15, 0.2) is 16.6 Å². The Labute approximate surface area is 123 Å². The summed E-state index contributed by atoms with van der Waals surface area (Å²) in [5.74, 6) is -1.56. The Balaban J connectivity index is 2.49. The fourth-order valence-electron chi connectivity index (χ4n) is 2.17. The zero-order valence-electron chi connectivity index (χ0n) is 10.6. The molecular weight excluding hydrogens is 329 g/mol. The maximum absolute atomic E-state index is 14.3. The van der Waals surface area contributed by atoms with Gasteiger partial charge in [0.15, 0.2) is 5.82 Å². The van der Waals surface area contributed by atoms with Gasteiger partial charge in [0, 0.05) is 0 Å². The van der Waals surface area contributed by atoms with Crippen molar-refractivity contribution in [3.63, 3.8) is 0 Å². The molecule has 1 aromatic rings. The van der Waals surface area contributed by atoms with E-state index in [1.165, 1.54) is 17.0 Å². The molecule has 0 aromatic heterocycles. The smallest absolute Gasteiger partial charge is 0.249 e. The largest absolute Gasteiger partial charge is 0.348 e. The first-order valence-electron chi connectivity index (χ1n) is 5.98. The van der Waals surface area contributed by atoms with Gasteiger partial charge in [-0.1, -0.05) is 6.92 Å². The van der Waals surface area contributed by atoms with Crippen LogP contribution in [-0.2, 0) is 9.59 Å². The topological polar surface area (TPSA) is 73.2 Å². The van der Waals surface area contributed by atoms with Crippen LogP contribution in [0.25, 0.3) is 0 Å². The molecule has 1 fully saturated rings. The lowest BCUT2D eigenvalue weighted by molar-refractivity contribution is -0.132. The molecule has 1 aliphatic rings. The van der Waals surface area contributed by atoms with E-state index in [-0.39, 0.29) is 22.3 Å². The van der Waals surface area contributed by atoms with Gasteiger partial charge in [-0.3, -0.25) is 14.9 Å². The third-order valence-corrected chi connectivity index (χ3v) is 3.91. The second-order valence-electron chi connectivity index (χ2n) is 4.34. The number of anilines is 1. The molecule has 1 aromatic carbocycles. The van der Waals surface area contributed by atoms with Gasteiger partial charge in [-0.05, 0) is 34.5 Å². The second kappa shape index (κ2) is 5.59. The number of carbonyl (C=O) groups is 2. The molecule has 5 nitrogen and oxygen atoms in total. The van der Waals surface area contributed by atoms with Gasteiger partial charge in [0.05, 0.1) is 22.3 Å². The van der Waals surface area contributed by atoms with Crippen molar-refractivity contribution in [3.05, 3.63) is 28.0 Å². The van der Waals surface area contributed by atoms with Gasteiger partial charge in [0.1, 0.15) is 12.1 Å². The van der Waals surface area contributed by atoms with Gasteiger partial charge >= 0.3 is 0 Å². The lowest BCUT2D eigenvalue weighted by atomic mass is 10.1. The molecule has 20 heavy (non-hydrogen) atoms. The number of nitrogens with zero attached hydrogens (tertiary/aromatic N) is 2. The Kier molecular flexibility index (Phi) is 4.04. The first kappa shape index (κ1) is 14.5. The highest BCUT2D eigenvalue weighted by molar-refractivity contribution is 9.10. The van der Waals surface area contributed by atoms with Crippen LogP contribution in [0.4, 0.5) is 10.1 Å². The van der Waals surface area contributed by atoms with Crippen LogP contribution >= 0.6 is 15.9 Å². The summed E-state index contributed by atoms with van der Waals surface area (Å²) in [5, 5.41) is 11.1. The van der Waals surface area contributed by atoms with Crippen molar-refractivity contribution in [2.45, 2.75) is 19.4 Å². The Morgan fingerprint density at radius 3 is 2.85 bits per heavy atom. The zero-order chi connectivity index (χ0) is 14.9. The molecular formula is C13H11BrFN3O2. The van der Waals surface area contributed by atoms with E-state index >= 15 is 0 Å². The van der Waals surface area contributed by atoms with E-state index in [1.807, 2.05) is 6.07 Å². The summed E-state index contributed by atoms with van der Waals surface area (Å²) in [7, 11) is 0. The number of imide groups is 1. The molecule has 0 spiro atoms. The van der Waals surface area contributed by atoms with Gasteiger partial charge < -0.3 is 4.90 Å². The Bertz CT molecular complexity index is 627. The molecule has 1 unspecified atom stereocenters. The van der Waals surface area contributed by atoms with Crippen LogP contribution in [-0.4, -0.2) is 24.4 Å². The lowest BCUT2D eigenvalue weighted by Gasteiger charge is -2.35. The van der Waals surface area contributed by atoms with Gasteiger partial charge in [-0.2, -0.15) is 5.26 Å². The molecule has 1 aliphatic heterocycles. The van der Waals surface area contributed by atoms with Gasteiger partial charge in [0.2, 0.25) is 11.8 Å². The molecule has 0 bridgehead atoms. The molecule has 1 atom stereocenters. The minimum absolute atomic E-state index is 0.0331. The molecule has 2 rings (SSSR count). The highest BCUT2D eigenvalue weighted by Crippen LogP contribution is 2.31. The van der Waals surface area contributed by atoms with E-state index in [9.17, 15) is 14.0 Å². The molecule has 0 saturated carbocycles. The van der Waals surface area contributed by atoms with Gasteiger partial charge in [-0.25, -0.2) is 4.39 Å². The standard InChI is InChI=1S/C13H11BrFN3O2/c1-2-8-13(20)17-10(19)6-18(8)9-4-3-7(5-16)11(14)12(9)15/h3-4,8H,2,6H2,1H3,(H,17,19,20). The number of benzene rings is 1. The fourth-order valence-corrected chi connectivity index (χ4v) is 2.60. The van der Waals surface area contributed by atoms with E-state index in [1.54, 1.807) is 6.92 Å². The summed E-state index contributed by atoms with van der Waals surface area (Å²) in [6.45, 7) is 1.68. The normalized spacial score (nSPS) is 18.7. The average Bonchev–Trinajstić information content (AvgIpc) is 2.41. The van der Waals surface area contributed by atoms with Gasteiger partial charge in [-0.15, -0.1) is 0 Å². The summed E-state index contributed by atoms with van der Waals surface area (Å²) < 4.78 is 14.3. The van der Waals surface area contributed by atoms with E-state index < -0.39 is 23.7 Å². The van der Waals surface area contributed by atoms with Crippen molar-refractivity contribution >= 4 is 33.4 Å². The van der Waals surface area contributed by atoms with Gasteiger partial charge in [0.25, 0.3) is 0 Å². The molecule has 0 radical (unpaired) electrons. The van der Waals surface area contributed by atoms with Crippen LogP contribution in [0.2, 0.25) is 0 Å². The van der Waals surface area contributed by atoms with Crippen LogP contribution in [0, 0.1) is 17.1 Å². The number of hydrogen-bond acceptors (Lipinski definition) is 4. The van der Waals surface area contributed by atoms with Crippen molar-refractivity contribution in [1.82, 2.24) is 5.32 Å². The van der Waals surface area contributed by atoms with Crippen molar-refractivity contribution in [1.29, 1.82) is 5.26 Å². The van der Waals surface area contributed by atoms with Crippen LogP contribution < -0.4 is 10.2 Å². The Morgan fingerprint density at radius 2 is 2.25 bits per heavy atom. The number of amides is 2. The number of rotatable bonds is 2. The molecule has 1 heterocycles. The molecule has 0 aliphatic carbocycles. The zero-order valence-corrected chi connectivity index (χ0v) is 12.2. The summed E-state index contributed by atoms with van der Waals surface area (Å²) >= 11 is 3.02. The molecule has 7 heteroatoms. The van der Waals surface area contributed by atoms with Crippen molar-refractivity contribution in [2.24, 2.45) is 0 Å². The number of hydrogen-bond donors (Lipinski definition) is 1. The first-order valence-corrected chi connectivity index (χ1v) is 6.77. The summed E-state index contributed by atoms with van der Waals surface area (Å²) in [6, 6.07) is 4.11. The number of nitrogens with one attached hydrogen (secondary N) is 1. The third kappa shape index (κ3) is 2.39. The Morgan fingerprint density at radius 1 is 1.55 bits per heavy atom. The van der Waals surface area contributed by atoms with E-state index in [0.29, 0.717) is 6.42 Å². The first-order chi connectivity index (χ1) is 9.49. The molecule has 104 valence electrons. The highest BCUT2D eigenvalue weighted by Gasteiger charge is 2.34. The number of halogens is 2. The van der Waals surface area contributed by atoms with E-state index in [0.717, 1.165) is 0 Å². The molecule has 1 saturated heterocycles. The maximum atomic E-state index is 14.3. The molecule has 2 amide bonds. The summed E-state index contributed by atoms with van der Waals surface area (Å²) in [5.41, 5.74) is 0.290. The van der Waals surface area contributed by atoms with Crippen molar-refractivity contribution in [3.8, 4) is 6.07 Å². The summed E-state index contributed by atoms with van der Waals surface area (Å²) in [6.07, 6.45) is 0.441. The minimum Gasteiger partial charge on any atom is -0.348 e. The van der Waals surface area contributed by atoms with Crippen molar-refractivity contribution in [2.75, 3.05) is 11.4 Å². The lowest BCUT2D eigenvalue weighted by Crippen LogP contribution is -2.58. The number of carbonyl (C=O) groups excluding carboxylic acids is 2. The van der Waals surface area contributed by atoms with Crippen molar-refractivity contribution < 1.29 is 14.0 Å². The second-order valence-corrected chi connectivity index (χ2v) is 5.13. The third-order valence-electron chi connectivity index (χ3n) is 3.13. The van der Waals surface area contributed by atoms with E-state index in [4.69, 9.17) is 5.26 Å². The van der Waals surface area contributed by atoms with Crippen LogP contribution in [0.5, 0.6) is 0 Å². The van der Waals surface area contributed by atoms with Crippen LogP contribution in [0.3, 0.4) is 0 Å². The number of nitriles is 1. The SMILES string of the molecule is CCC1C(=O)NC(=O)CN1c1ccc(C#N)c(Br)c1F.